The quantitative estimate of drug-likeness (QED) is 0.660. The van der Waals surface area contributed by atoms with Crippen molar-refractivity contribution in [2.45, 2.75) is 25.4 Å². The number of carbonyl (C=O) groups is 3. The van der Waals surface area contributed by atoms with Crippen LogP contribution in [-0.4, -0.2) is 41.9 Å². The molecule has 1 aromatic rings. The van der Waals surface area contributed by atoms with E-state index in [1.54, 1.807) is 26.0 Å². The minimum Gasteiger partial charge on any atom is -0.468 e. The van der Waals surface area contributed by atoms with Crippen LogP contribution in [0.15, 0.2) is 24.3 Å². The molecule has 2 aliphatic heterocycles. The second-order valence-corrected chi connectivity index (χ2v) is 6.29. The average Bonchev–Trinajstić information content (AvgIpc) is 3.02. The minimum atomic E-state index is -1.31. The van der Waals surface area contributed by atoms with Crippen LogP contribution in [0.1, 0.15) is 25.5 Å². The minimum absolute atomic E-state index is 0.248. The smallest absolute Gasteiger partial charge is 0.326 e. The molecule has 0 aromatic heterocycles. The van der Waals surface area contributed by atoms with Gasteiger partial charge < -0.3 is 4.74 Å². The van der Waals surface area contributed by atoms with Crippen LogP contribution < -0.4 is 5.32 Å². The zero-order valence-corrected chi connectivity index (χ0v) is 13.7. The summed E-state index contributed by atoms with van der Waals surface area (Å²) in [5.41, 5.74) is -0.659. The molecule has 0 saturated carbocycles. The van der Waals surface area contributed by atoms with Gasteiger partial charge in [-0.15, -0.1) is 0 Å². The predicted octanol–water partition coefficient (Wildman–Crippen LogP) is 1.02. The molecule has 7 heteroatoms. The molecule has 24 heavy (non-hydrogen) atoms. The SMILES string of the molecule is CCN1C(=O)[C@@H]2[C@@H](c3ccc(F)cc3)N[C@@](C)(C(=O)OC)[C@@H]2C1=O. The Morgan fingerprint density at radius 3 is 2.46 bits per heavy atom. The number of likely N-dealkylation sites (tertiary alicyclic amines) is 1. The number of fused-ring (bicyclic) bond motifs is 1. The third kappa shape index (κ3) is 2.15. The van der Waals surface area contributed by atoms with E-state index >= 15 is 0 Å². The van der Waals surface area contributed by atoms with Gasteiger partial charge in [-0.3, -0.25) is 24.6 Å². The summed E-state index contributed by atoms with van der Waals surface area (Å²) in [5, 5.41) is 3.10. The highest BCUT2D eigenvalue weighted by Crippen LogP contribution is 2.48. The number of rotatable bonds is 3. The molecule has 0 radical (unpaired) electrons. The number of nitrogens with one attached hydrogen (secondary N) is 1. The van der Waals surface area contributed by atoms with Crippen molar-refractivity contribution in [3.63, 3.8) is 0 Å². The van der Waals surface area contributed by atoms with Gasteiger partial charge in [0, 0.05) is 12.6 Å². The van der Waals surface area contributed by atoms with Crippen molar-refractivity contribution in [1.29, 1.82) is 0 Å². The molecule has 2 amide bonds. The molecule has 0 bridgehead atoms. The molecular weight excluding hydrogens is 315 g/mol. The van der Waals surface area contributed by atoms with Gasteiger partial charge in [-0.05, 0) is 31.5 Å². The molecule has 1 N–H and O–H groups in total. The lowest BCUT2D eigenvalue weighted by Crippen LogP contribution is -2.53. The van der Waals surface area contributed by atoms with Crippen molar-refractivity contribution in [3.05, 3.63) is 35.6 Å². The van der Waals surface area contributed by atoms with E-state index < -0.39 is 35.2 Å². The highest BCUT2D eigenvalue weighted by Gasteiger charge is 2.66. The molecule has 2 aliphatic rings. The molecule has 0 spiro atoms. The number of carbonyl (C=O) groups excluding carboxylic acids is 3. The largest absolute Gasteiger partial charge is 0.468 e. The van der Waals surface area contributed by atoms with Crippen LogP contribution in [-0.2, 0) is 19.1 Å². The van der Waals surface area contributed by atoms with Gasteiger partial charge in [0.15, 0.2) is 0 Å². The van der Waals surface area contributed by atoms with Crippen LogP contribution >= 0.6 is 0 Å². The molecule has 0 aliphatic carbocycles. The van der Waals surface area contributed by atoms with Crippen LogP contribution in [0, 0.1) is 17.7 Å². The van der Waals surface area contributed by atoms with E-state index in [0.29, 0.717) is 5.56 Å². The number of methoxy groups -OCH3 is 1. The zero-order chi connectivity index (χ0) is 17.6. The van der Waals surface area contributed by atoms with Gasteiger partial charge in [-0.2, -0.15) is 0 Å². The summed E-state index contributed by atoms with van der Waals surface area (Å²) in [7, 11) is 1.24. The standard InChI is InChI=1S/C17H19FN2O4/c1-4-20-14(21)11-12(15(20)22)17(2,16(23)24-3)19-13(11)9-5-7-10(18)8-6-9/h5-8,11-13,19H,4H2,1-3H3/t11-,12-,13+,17+/m0/s1. The van der Waals surface area contributed by atoms with E-state index in [4.69, 9.17) is 4.74 Å². The molecule has 1 aromatic carbocycles. The van der Waals surface area contributed by atoms with E-state index in [1.807, 2.05) is 0 Å². The Bertz CT molecular complexity index is 705. The molecule has 2 saturated heterocycles. The first-order valence-corrected chi connectivity index (χ1v) is 7.82. The maximum absolute atomic E-state index is 13.2. The number of hydrogen-bond acceptors (Lipinski definition) is 5. The second-order valence-electron chi connectivity index (χ2n) is 6.29. The van der Waals surface area contributed by atoms with Crippen molar-refractivity contribution in [2.75, 3.05) is 13.7 Å². The number of nitrogens with zero attached hydrogens (tertiary/aromatic N) is 1. The van der Waals surface area contributed by atoms with Crippen LogP contribution in [0.3, 0.4) is 0 Å². The molecule has 2 fully saturated rings. The summed E-state index contributed by atoms with van der Waals surface area (Å²) in [6.07, 6.45) is 0. The summed E-state index contributed by atoms with van der Waals surface area (Å²) in [4.78, 5) is 38.9. The van der Waals surface area contributed by atoms with E-state index in [1.165, 1.54) is 24.1 Å². The van der Waals surface area contributed by atoms with Crippen LogP contribution in [0.25, 0.3) is 0 Å². The molecule has 0 unspecified atom stereocenters. The van der Waals surface area contributed by atoms with Gasteiger partial charge >= 0.3 is 5.97 Å². The van der Waals surface area contributed by atoms with Crippen molar-refractivity contribution >= 4 is 17.8 Å². The van der Waals surface area contributed by atoms with Gasteiger partial charge in [0.25, 0.3) is 0 Å². The summed E-state index contributed by atoms with van der Waals surface area (Å²) < 4.78 is 18.1. The van der Waals surface area contributed by atoms with Crippen molar-refractivity contribution < 1.29 is 23.5 Å². The van der Waals surface area contributed by atoms with Gasteiger partial charge in [-0.25, -0.2) is 4.39 Å². The maximum atomic E-state index is 13.2. The van der Waals surface area contributed by atoms with Crippen molar-refractivity contribution in [3.8, 4) is 0 Å². The van der Waals surface area contributed by atoms with Crippen molar-refractivity contribution in [1.82, 2.24) is 10.2 Å². The zero-order valence-electron chi connectivity index (χ0n) is 13.7. The summed E-state index contributed by atoms with van der Waals surface area (Å²) in [6.45, 7) is 3.54. The Labute approximate surface area is 139 Å². The number of ether oxygens (including phenoxy) is 1. The van der Waals surface area contributed by atoms with Crippen molar-refractivity contribution in [2.24, 2.45) is 11.8 Å². The van der Waals surface area contributed by atoms with Crippen LogP contribution in [0.4, 0.5) is 4.39 Å². The third-order valence-electron chi connectivity index (χ3n) is 5.03. The fourth-order valence-corrected chi connectivity index (χ4v) is 3.87. The molecule has 128 valence electrons. The van der Waals surface area contributed by atoms with E-state index in [0.717, 1.165) is 0 Å². The van der Waals surface area contributed by atoms with E-state index in [2.05, 4.69) is 5.32 Å². The third-order valence-corrected chi connectivity index (χ3v) is 5.03. The average molecular weight is 334 g/mol. The highest BCUT2D eigenvalue weighted by atomic mass is 19.1. The predicted molar refractivity (Wildman–Crippen MR) is 82.1 cm³/mol. The number of halogens is 1. The Hall–Kier alpha value is -2.28. The Balaban J connectivity index is 2.09. The highest BCUT2D eigenvalue weighted by molar-refractivity contribution is 6.09. The number of benzene rings is 1. The second kappa shape index (κ2) is 5.66. The lowest BCUT2D eigenvalue weighted by Gasteiger charge is -2.28. The molecule has 4 atom stereocenters. The molecule has 3 rings (SSSR count). The lowest BCUT2D eigenvalue weighted by molar-refractivity contribution is -0.153. The Morgan fingerprint density at radius 2 is 1.92 bits per heavy atom. The summed E-state index contributed by atoms with van der Waals surface area (Å²) in [5.74, 6) is -3.24. The fourth-order valence-electron chi connectivity index (χ4n) is 3.87. The Morgan fingerprint density at radius 1 is 1.29 bits per heavy atom. The first-order valence-electron chi connectivity index (χ1n) is 7.82. The lowest BCUT2D eigenvalue weighted by atomic mass is 9.80. The number of esters is 1. The molecule has 2 heterocycles. The summed E-state index contributed by atoms with van der Waals surface area (Å²) >= 11 is 0. The fraction of sp³-hybridized carbons (Fsp3) is 0.471. The van der Waals surface area contributed by atoms with Crippen LogP contribution in [0.5, 0.6) is 0 Å². The number of imide groups is 1. The summed E-state index contributed by atoms with van der Waals surface area (Å²) in [6, 6.07) is 5.13. The van der Waals surface area contributed by atoms with Gasteiger partial charge in [0.2, 0.25) is 11.8 Å². The van der Waals surface area contributed by atoms with Crippen LogP contribution in [0.2, 0.25) is 0 Å². The van der Waals surface area contributed by atoms with Gasteiger partial charge in [0.05, 0.1) is 18.9 Å². The molecular formula is C17H19FN2O4. The van der Waals surface area contributed by atoms with E-state index in [-0.39, 0.29) is 18.4 Å². The van der Waals surface area contributed by atoms with E-state index in [9.17, 15) is 18.8 Å². The van der Waals surface area contributed by atoms with Gasteiger partial charge in [-0.1, -0.05) is 12.1 Å². The maximum Gasteiger partial charge on any atom is 0.326 e. The Kier molecular flexibility index (Phi) is 3.91. The number of hydrogen-bond donors (Lipinski definition) is 1. The monoisotopic (exact) mass is 334 g/mol. The number of amides is 2. The topological polar surface area (TPSA) is 75.7 Å². The van der Waals surface area contributed by atoms with Gasteiger partial charge in [0.1, 0.15) is 11.4 Å². The molecule has 6 nitrogen and oxygen atoms in total. The first kappa shape index (κ1) is 16.6. The first-order chi connectivity index (χ1) is 11.3. The normalized spacial score (nSPS) is 32.2.